The van der Waals surface area contributed by atoms with Gasteiger partial charge in [-0.15, -0.1) is 0 Å². The fourth-order valence-electron chi connectivity index (χ4n) is 1.13. The Balaban J connectivity index is 3.29. The van der Waals surface area contributed by atoms with Gasteiger partial charge in [-0.3, -0.25) is 9.48 Å². The van der Waals surface area contributed by atoms with Gasteiger partial charge >= 0.3 is 0 Å². The molecule has 1 rings (SSSR count). The summed E-state index contributed by atoms with van der Waals surface area (Å²) in [4.78, 5) is 11.4. The van der Waals surface area contributed by atoms with E-state index in [0.29, 0.717) is 5.56 Å². The zero-order chi connectivity index (χ0) is 10.6. The number of nitrogens with one attached hydrogen (secondary N) is 2. The molecule has 0 saturated heterocycles. The van der Waals surface area contributed by atoms with Crippen LogP contribution in [0.15, 0.2) is 24.5 Å². The molecule has 4 heteroatoms. The number of amides is 1. The smallest absolute Gasteiger partial charge is 0.252 e. The number of carbonyl (C=O) groups is 1. The van der Waals surface area contributed by atoms with Crippen LogP contribution in [0.1, 0.15) is 15.9 Å². The summed E-state index contributed by atoms with van der Waals surface area (Å²) < 4.78 is 1.73. The van der Waals surface area contributed by atoms with Crippen molar-refractivity contribution < 1.29 is 4.79 Å². The molecule has 0 spiro atoms. The molecule has 0 bridgehead atoms. The molecule has 0 radical (unpaired) electrons. The van der Waals surface area contributed by atoms with Gasteiger partial charge in [0.25, 0.3) is 5.91 Å². The second-order valence-corrected chi connectivity index (χ2v) is 3.13. The van der Waals surface area contributed by atoms with Crippen molar-refractivity contribution in [1.82, 2.24) is 15.1 Å². The van der Waals surface area contributed by atoms with Gasteiger partial charge in [0, 0.05) is 26.5 Å². The fraction of sp³-hybridized carbons (Fsp3) is 0.300. The maximum atomic E-state index is 11.4. The summed E-state index contributed by atoms with van der Waals surface area (Å²) in [7, 11) is 3.45. The third kappa shape index (κ3) is 2.65. The number of H-pyrrole nitrogens is 1. The van der Waals surface area contributed by atoms with Crippen LogP contribution in [0, 0.1) is 6.92 Å². The van der Waals surface area contributed by atoms with Crippen LogP contribution in [-0.4, -0.2) is 22.7 Å². The zero-order valence-electron chi connectivity index (χ0n) is 8.66. The molecule has 0 aromatic carbocycles. The minimum Gasteiger partial charge on any atom is -0.355 e. The summed E-state index contributed by atoms with van der Waals surface area (Å²) in [5.41, 5.74) is 1.66. The first-order valence-electron chi connectivity index (χ1n) is 4.41. The average Bonchev–Trinajstić information content (AvgIpc) is 2.13. The number of rotatable bonds is 1. The molecular weight excluding hydrogens is 178 g/mol. The lowest BCUT2D eigenvalue weighted by Gasteiger charge is -2.02. The molecule has 1 aromatic heterocycles. The van der Waals surface area contributed by atoms with Crippen LogP contribution < -0.4 is 5.32 Å². The van der Waals surface area contributed by atoms with E-state index in [1.165, 1.54) is 0 Å². The van der Waals surface area contributed by atoms with E-state index in [-0.39, 0.29) is 5.91 Å². The van der Waals surface area contributed by atoms with Crippen molar-refractivity contribution in [2.45, 2.75) is 6.92 Å². The largest absolute Gasteiger partial charge is 0.355 e. The Labute approximate surface area is 83.2 Å². The van der Waals surface area contributed by atoms with Gasteiger partial charge < -0.3 is 10.4 Å². The molecule has 1 heterocycles. The second kappa shape index (κ2) is 4.50. The van der Waals surface area contributed by atoms with Gasteiger partial charge in [-0.2, -0.15) is 0 Å². The third-order valence-electron chi connectivity index (χ3n) is 1.83. The van der Waals surface area contributed by atoms with Crippen LogP contribution in [0.5, 0.6) is 0 Å². The van der Waals surface area contributed by atoms with Crippen LogP contribution >= 0.6 is 0 Å². The molecule has 0 aliphatic rings. The first-order valence-corrected chi connectivity index (χ1v) is 4.41. The van der Waals surface area contributed by atoms with Gasteiger partial charge in [-0.05, 0) is 24.6 Å². The minimum atomic E-state index is -0.0895. The Morgan fingerprint density at radius 3 is 2.93 bits per heavy atom. The SMILES string of the molecule is CNC(=O)c1cc(C)cc[nH]n(C)c1. The van der Waals surface area contributed by atoms with Crippen LogP contribution in [0.2, 0.25) is 0 Å². The molecule has 1 aromatic rings. The molecule has 4 nitrogen and oxygen atoms in total. The molecule has 0 unspecified atom stereocenters. The van der Waals surface area contributed by atoms with Gasteiger partial charge in [0.1, 0.15) is 0 Å². The Bertz CT molecular complexity index is 349. The normalized spacial score (nSPS) is 9.36. The Morgan fingerprint density at radius 2 is 2.29 bits per heavy atom. The second-order valence-electron chi connectivity index (χ2n) is 3.13. The van der Waals surface area contributed by atoms with Gasteiger partial charge in [0.05, 0.1) is 5.56 Å². The number of aryl methyl sites for hydroxylation is 2. The zero-order valence-corrected chi connectivity index (χ0v) is 8.66. The minimum absolute atomic E-state index is 0.0895. The average molecular weight is 193 g/mol. The van der Waals surface area contributed by atoms with E-state index in [1.54, 1.807) is 17.9 Å². The first-order chi connectivity index (χ1) is 6.63. The highest BCUT2D eigenvalue weighted by atomic mass is 16.1. The van der Waals surface area contributed by atoms with Crippen molar-refractivity contribution in [1.29, 1.82) is 0 Å². The van der Waals surface area contributed by atoms with Crippen LogP contribution in [0.25, 0.3) is 0 Å². The summed E-state index contributed by atoms with van der Waals surface area (Å²) >= 11 is 0. The monoisotopic (exact) mass is 193 g/mol. The summed E-state index contributed by atoms with van der Waals surface area (Å²) in [6.45, 7) is 1.94. The molecule has 2 N–H and O–H groups in total. The predicted octanol–water partition coefficient (Wildman–Crippen LogP) is 1.15. The summed E-state index contributed by atoms with van der Waals surface area (Å²) in [6, 6.07) is 3.75. The number of hydrogen-bond acceptors (Lipinski definition) is 1. The van der Waals surface area contributed by atoms with E-state index in [1.807, 2.05) is 32.3 Å². The van der Waals surface area contributed by atoms with E-state index in [2.05, 4.69) is 10.4 Å². The molecule has 76 valence electrons. The summed E-state index contributed by atoms with van der Waals surface area (Å²) in [5.74, 6) is -0.0895. The maximum Gasteiger partial charge on any atom is 0.252 e. The van der Waals surface area contributed by atoms with Crippen LogP contribution in [0.4, 0.5) is 0 Å². The fourth-order valence-corrected chi connectivity index (χ4v) is 1.13. The lowest BCUT2D eigenvalue weighted by Crippen LogP contribution is -2.18. The summed E-state index contributed by atoms with van der Waals surface area (Å²) in [5, 5.41) is 5.57. The number of nitrogens with zero attached hydrogens (tertiary/aromatic N) is 1. The number of aromatic amines is 1. The Kier molecular flexibility index (Phi) is 3.34. The van der Waals surface area contributed by atoms with Crippen molar-refractivity contribution >= 4 is 5.91 Å². The van der Waals surface area contributed by atoms with Gasteiger partial charge in [0.15, 0.2) is 0 Å². The van der Waals surface area contributed by atoms with Crippen molar-refractivity contribution in [3.8, 4) is 0 Å². The van der Waals surface area contributed by atoms with E-state index in [9.17, 15) is 4.79 Å². The number of hydrogen-bond donors (Lipinski definition) is 2. The molecule has 14 heavy (non-hydrogen) atoms. The van der Waals surface area contributed by atoms with Crippen LogP contribution in [0.3, 0.4) is 0 Å². The molecule has 0 fully saturated rings. The van der Waals surface area contributed by atoms with E-state index in [0.717, 1.165) is 5.56 Å². The third-order valence-corrected chi connectivity index (χ3v) is 1.83. The van der Waals surface area contributed by atoms with Crippen molar-refractivity contribution in [2.24, 2.45) is 7.05 Å². The topological polar surface area (TPSA) is 49.8 Å². The standard InChI is InChI=1S/C10H15N3O/c1-8-4-5-12-13(3)7-9(6-8)10(14)11-2/h4-7,12H,1-3H3,(H,11,14). The number of aromatic nitrogens is 2. The van der Waals surface area contributed by atoms with Crippen molar-refractivity contribution in [3.63, 3.8) is 0 Å². The molecule has 0 aliphatic carbocycles. The Morgan fingerprint density at radius 1 is 1.57 bits per heavy atom. The van der Waals surface area contributed by atoms with E-state index < -0.39 is 0 Å². The highest BCUT2D eigenvalue weighted by Crippen LogP contribution is 1.99. The van der Waals surface area contributed by atoms with Crippen molar-refractivity contribution in [2.75, 3.05) is 7.05 Å². The quantitative estimate of drug-likeness (QED) is 0.690. The van der Waals surface area contributed by atoms with Crippen LogP contribution in [-0.2, 0) is 7.05 Å². The van der Waals surface area contributed by atoms with Gasteiger partial charge in [-0.25, -0.2) is 0 Å². The Hall–Kier alpha value is -1.71. The van der Waals surface area contributed by atoms with Gasteiger partial charge in [-0.1, -0.05) is 0 Å². The highest BCUT2D eigenvalue weighted by Gasteiger charge is 2.00. The maximum absolute atomic E-state index is 11.4. The number of carbonyl (C=O) groups excluding carboxylic acids is 1. The highest BCUT2D eigenvalue weighted by molar-refractivity contribution is 5.93. The lowest BCUT2D eigenvalue weighted by molar-refractivity contribution is 0.0962. The molecular formula is C10H15N3O. The van der Waals surface area contributed by atoms with E-state index >= 15 is 0 Å². The predicted molar refractivity (Wildman–Crippen MR) is 55.5 cm³/mol. The molecule has 1 amide bonds. The summed E-state index contributed by atoms with van der Waals surface area (Å²) in [6.07, 6.45) is 3.56. The molecule has 0 aliphatic heterocycles. The molecule has 0 atom stereocenters. The first kappa shape index (κ1) is 10.4. The molecule has 0 saturated carbocycles. The lowest BCUT2D eigenvalue weighted by atomic mass is 10.2. The van der Waals surface area contributed by atoms with Crippen molar-refractivity contribution in [3.05, 3.63) is 35.7 Å². The van der Waals surface area contributed by atoms with Gasteiger partial charge in [0.2, 0.25) is 0 Å². The van der Waals surface area contributed by atoms with E-state index in [4.69, 9.17) is 0 Å².